The molecule has 37 heavy (non-hydrogen) atoms. The number of anilines is 1. The molecule has 1 amide bonds. The van der Waals surface area contributed by atoms with Crippen LogP contribution >= 0.6 is 0 Å². The third-order valence-corrected chi connectivity index (χ3v) is 9.13. The van der Waals surface area contributed by atoms with Crippen molar-refractivity contribution in [2.75, 3.05) is 37.0 Å². The Kier molecular flexibility index (Phi) is 7.17. The van der Waals surface area contributed by atoms with Crippen LogP contribution in [-0.4, -0.2) is 62.9 Å². The zero-order valence-electron chi connectivity index (χ0n) is 21.4. The highest BCUT2D eigenvalue weighted by atomic mass is 32.2. The Bertz CT molecular complexity index is 1390. The smallest absolute Gasteiger partial charge is 0.264 e. The summed E-state index contributed by atoms with van der Waals surface area (Å²) in [5, 5.41) is 0. The Hall–Kier alpha value is -3.42. The van der Waals surface area contributed by atoms with Crippen LogP contribution in [0.3, 0.4) is 0 Å². The summed E-state index contributed by atoms with van der Waals surface area (Å²) in [5.74, 6) is 0.00905. The number of carbonyl (C=O) groups is 1. The molecule has 3 aromatic rings. The number of hydrogen-bond donors (Lipinski definition) is 0. The fraction of sp³-hybridized carbons (Fsp3) is 0.300. The predicted molar refractivity (Wildman–Crippen MR) is 148 cm³/mol. The van der Waals surface area contributed by atoms with E-state index in [2.05, 4.69) is 29.2 Å². The van der Waals surface area contributed by atoms with E-state index in [1.165, 1.54) is 9.87 Å². The van der Waals surface area contributed by atoms with Gasteiger partial charge in [-0.15, -0.1) is 0 Å². The van der Waals surface area contributed by atoms with E-state index in [4.69, 9.17) is 0 Å². The Labute approximate surface area is 219 Å². The van der Waals surface area contributed by atoms with Gasteiger partial charge in [0.25, 0.3) is 15.9 Å². The number of sulfonamides is 1. The second-order valence-electron chi connectivity index (χ2n) is 9.92. The summed E-state index contributed by atoms with van der Waals surface area (Å²) in [6, 6.07) is 22.4. The molecule has 0 aromatic heterocycles. The van der Waals surface area contributed by atoms with Gasteiger partial charge in [-0.05, 0) is 61.7 Å². The topological polar surface area (TPSA) is 60.9 Å². The monoisotopic (exact) mass is 515 g/mol. The third kappa shape index (κ3) is 5.33. The molecule has 2 aliphatic heterocycles. The highest BCUT2D eigenvalue weighted by Crippen LogP contribution is 2.37. The van der Waals surface area contributed by atoms with Gasteiger partial charge in [-0.2, -0.15) is 0 Å². The van der Waals surface area contributed by atoms with E-state index in [1.807, 2.05) is 55.1 Å². The second-order valence-corrected chi connectivity index (χ2v) is 11.7. The molecule has 192 valence electrons. The second kappa shape index (κ2) is 10.5. The van der Waals surface area contributed by atoms with Gasteiger partial charge >= 0.3 is 0 Å². The highest BCUT2D eigenvalue weighted by Gasteiger charge is 2.36. The number of hydrogen-bond acceptors (Lipinski definition) is 4. The predicted octanol–water partition coefficient (Wildman–Crippen LogP) is 4.61. The Morgan fingerprint density at radius 2 is 1.65 bits per heavy atom. The number of fused-ring (bicyclic) bond motifs is 1. The van der Waals surface area contributed by atoms with Crippen LogP contribution in [0.25, 0.3) is 6.08 Å². The van der Waals surface area contributed by atoms with Gasteiger partial charge in [0.15, 0.2) is 0 Å². The fourth-order valence-corrected chi connectivity index (χ4v) is 6.84. The Morgan fingerprint density at radius 1 is 0.946 bits per heavy atom. The number of nitrogens with zero attached hydrogens (tertiary/aromatic N) is 3. The van der Waals surface area contributed by atoms with E-state index in [9.17, 15) is 13.2 Å². The minimum atomic E-state index is -3.68. The molecule has 0 saturated carbocycles. The van der Waals surface area contributed by atoms with Gasteiger partial charge in [0.2, 0.25) is 0 Å². The standard InChI is InChI=1S/C30H33N3O3S/c1-23-10-13-28(14-11-23)37(35,36)33-24(2)21-27-22-26(12-15-29(27)33)30(34)32-19-17-31(18-20-32)16-6-9-25-7-4-3-5-8-25/h3-15,22,24H,16-21H2,1-2H3/b9-6+/t24-/m1/s1. The molecule has 1 atom stereocenters. The summed E-state index contributed by atoms with van der Waals surface area (Å²) in [6.07, 6.45) is 4.89. The molecule has 0 bridgehead atoms. The van der Waals surface area contributed by atoms with Gasteiger partial charge in [0, 0.05) is 44.3 Å². The molecule has 0 unspecified atom stereocenters. The van der Waals surface area contributed by atoms with E-state index in [0.717, 1.165) is 30.8 Å². The van der Waals surface area contributed by atoms with Gasteiger partial charge in [0.1, 0.15) is 0 Å². The van der Waals surface area contributed by atoms with Gasteiger partial charge in [0.05, 0.1) is 10.6 Å². The summed E-state index contributed by atoms with van der Waals surface area (Å²) < 4.78 is 28.3. The Morgan fingerprint density at radius 3 is 2.35 bits per heavy atom. The molecule has 5 rings (SSSR count). The van der Waals surface area contributed by atoms with E-state index in [1.54, 1.807) is 24.3 Å². The maximum absolute atomic E-state index is 13.4. The molecule has 1 saturated heterocycles. The van der Waals surface area contributed by atoms with Crippen molar-refractivity contribution < 1.29 is 13.2 Å². The first-order valence-electron chi connectivity index (χ1n) is 12.8. The SMILES string of the molecule is Cc1ccc(S(=O)(=O)N2c3ccc(C(=O)N4CCN(C/C=C/c5ccccc5)CC4)cc3C[C@H]2C)cc1. The quantitative estimate of drug-likeness (QED) is 0.481. The molecule has 1 fully saturated rings. The van der Waals surface area contributed by atoms with Crippen LogP contribution in [-0.2, 0) is 16.4 Å². The van der Waals surface area contributed by atoms with E-state index in [0.29, 0.717) is 30.8 Å². The van der Waals surface area contributed by atoms with Gasteiger partial charge in [-0.25, -0.2) is 8.42 Å². The zero-order valence-corrected chi connectivity index (χ0v) is 22.2. The highest BCUT2D eigenvalue weighted by molar-refractivity contribution is 7.92. The largest absolute Gasteiger partial charge is 0.336 e. The lowest BCUT2D eigenvalue weighted by Gasteiger charge is -2.34. The van der Waals surface area contributed by atoms with Crippen LogP contribution < -0.4 is 4.31 Å². The van der Waals surface area contributed by atoms with Crippen molar-refractivity contribution in [2.24, 2.45) is 0 Å². The van der Waals surface area contributed by atoms with Crippen molar-refractivity contribution in [1.29, 1.82) is 0 Å². The maximum Gasteiger partial charge on any atom is 0.264 e. The summed E-state index contributed by atoms with van der Waals surface area (Å²) in [6.45, 7) is 7.73. The molecule has 6 nitrogen and oxygen atoms in total. The molecular formula is C30H33N3O3S. The van der Waals surface area contributed by atoms with Crippen LogP contribution in [0.5, 0.6) is 0 Å². The first kappa shape index (κ1) is 25.2. The number of benzene rings is 3. The molecule has 3 aromatic carbocycles. The summed E-state index contributed by atoms with van der Waals surface area (Å²) in [7, 11) is -3.68. The van der Waals surface area contributed by atoms with E-state index in [-0.39, 0.29) is 16.8 Å². The van der Waals surface area contributed by atoms with Crippen LogP contribution in [0.2, 0.25) is 0 Å². The molecule has 0 radical (unpaired) electrons. The fourth-order valence-electron chi connectivity index (χ4n) is 5.14. The van der Waals surface area contributed by atoms with Crippen molar-refractivity contribution in [3.63, 3.8) is 0 Å². The molecule has 0 N–H and O–H groups in total. The summed E-state index contributed by atoms with van der Waals surface area (Å²) in [4.78, 5) is 17.8. The number of piperazine rings is 1. The summed E-state index contributed by atoms with van der Waals surface area (Å²) in [5.41, 5.74) is 4.39. The molecule has 0 spiro atoms. The number of aryl methyl sites for hydroxylation is 1. The average Bonchev–Trinajstić information content (AvgIpc) is 3.25. The van der Waals surface area contributed by atoms with Crippen molar-refractivity contribution in [2.45, 2.75) is 31.2 Å². The molecular weight excluding hydrogens is 482 g/mol. The van der Waals surface area contributed by atoms with Crippen molar-refractivity contribution in [3.8, 4) is 0 Å². The Balaban J connectivity index is 1.23. The molecule has 0 aliphatic carbocycles. The third-order valence-electron chi connectivity index (χ3n) is 7.19. The molecule has 7 heteroatoms. The first-order chi connectivity index (χ1) is 17.8. The normalized spacial score (nSPS) is 18.4. The average molecular weight is 516 g/mol. The van der Waals surface area contributed by atoms with Gasteiger partial charge in [-0.3, -0.25) is 14.0 Å². The number of rotatable bonds is 6. The van der Waals surface area contributed by atoms with Crippen LogP contribution in [0, 0.1) is 6.92 Å². The van der Waals surface area contributed by atoms with Crippen LogP contribution in [0.4, 0.5) is 5.69 Å². The lowest BCUT2D eigenvalue weighted by atomic mass is 10.1. The van der Waals surface area contributed by atoms with Crippen LogP contribution in [0.1, 0.15) is 34.0 Å². The zero-order chi connectivity index (χ0) is 26.0. The van der Waals surface area contributed by atoms with E-state index < -0.39 is 10.0 Å². The maximum atomic E-state index is 13.4. The number of carbonyl (C=O) groups excluding carboxylic acids is 1. The van der Waals surface area contributed by atoms with Gasteiger partial charge < -0.3 is 4.90 Å². The minimum absolute atomic E-state index is 0.00905. The van der Waals surface area contributed by atoms with Gasteiger partial charge in [-0.1, -0.05) is 60.2 Å². The lowest BCUT2D eigenvalue weighted by Crippen LogP contribution is -2.48. The van der Waals surface area contributed by atoms with Crippen molar-refractivity contribution in [1.82, 2.24) is 9.80 Å². The molecule has 2 heterocycles. The van der Waals surface area contributed by atoms with E-state index >= 15 is 0 Å². The van der Waals surface area contributed by atoms with Crippen LogP contribution in [0.15, 0.2) is 83.8 Å². The first-order valence-corrected chi connectivity index (χ1v) is 14.2. The number of amides is 1. The molecule has 2 aliphatic rings. The van der Waals surface area contributed by atoms with Crippen molar-refractivity contribution >= 4 is 27.7 Å². The lowest BCUT2D eigenvalue weighted by molar-refractivity contribution is 0.0650. The summed E-state index contributed by atoms with van der Waals surface area (Å²) >= 11 is 0. The van der Waals surface area contributed by atoms with Crippen molar-refractivity contribution in [3.05, 3.63) is 101 Å². The minimum Gasteiger partial charge on any atom is -0.336 e.